The largest absolute Gasteiger partial charge is 0.394 e. The number of benzene rings is 2. The normalized spacial score (nSPS) is 12.2. The second-order valence-electron chi connectivity index (χ2n) is 4.95. The van der Waals surface area contributed by atoms with Gasteiger partial charge in [0.15, 0.2) is 4.34 Å². The van der Waals surface area contributed by atoms with E-state index in [4.69, 9.17) is 0 Å². The van der Waals surface area contributed by atoms with E-state index in [0.717, 1.165) is 20.1 Å². The SMILES string of the molecule is O=C(CSc1nc2ccccc2s1)N[C@H](CO)c1ccccc1. The van der Waals surface area contributed by atoms with Crippen molar-refractivity contribution < 1.29 is 9.90 Å². The van der Waals surface area contributed by atoms with Gasteiger partial charge in [0.05, 0.1) is 28.6 Å². The van der Waals surface area contributed by atoms with Crippen LogP contribution in [0.2, 0.25) is 0 Å². The number of aromatic nitrogens is 1. The number of aliphatic hydroxyl groups is 1. The van der Waals surface area contributed by atoms with Crippen LogP contribution in [0.4, 0.5) is 0 Å². The molecule has 0 saturated heterocycles. The number of carbonyl (C=O) groups excluding carboxylic acids is 1. The van der Waals surface area contributed by atoms with E-state index in [1.165, 1.54) is 11.8 Å². The Kier molecular flexibility index (Phi) is 5.27. The molecule has 0 saturated carbocycles. The highest BCUT2D eigenvalue weighted by Crippen LogP contribution is 2.29. The third-order valence-electron chi connectivity index (χ3n) is 3.32. The van der Waals surface area contributed by atoms with Gasteiger partial charge in [-0.15, -0.1) is 11.3 Å². The van der Waals surface area contributed by atoms with Gasteiger partial charge in [0.1, 0.15) is 0 Å². The van der Waals surface area contributed by atoms with E-state index in [2.05, 4.69) is 10.3 Å². The van der Waals surface area contributed by atoms with Crippen molar-refractivity contribution in [1.82, 2.24) is 10.3 Å². The van der Waals surface area contributed by atoms with Crippen molar-refractivity contribution in [2.45, 2.75) is 10.4 Å². The molecule has 118 valence electrons. The van der Waals surface area contributed by atoms with Crippen molar-refractivity contribution in [1.29, 1.82) is 0 Å². The average Bonchev–Trinajstić information content (AvgIpc) is 3.01. The highest BCUT2D eigenvalue weighted by molar-refractivity contribution is 8.01. The van der Waals surface area contributed by atoms with E-state index in [0.29, 0.717) is 0 Å². The number of hydrogen-bond acceptors (Lipinski definition) is 5. The number of fused-ring (bicyclic) bond motifs is 1. The summed E-state index contributed by atoms with van der Waals surface area (Å²) in [5.41, 5.74) is 1.85. The zero-order chi connectivity index (χ0) is 16.1. The van der Waals surface area contributed by atoms with Crippen LogP contribution in [0.25, 0.3) is 10.2 Å². The summed E-state index contributed by atoms with van der Waals surface area (Å²) in [5.74, 6) is 0.167. The number of nitrogens with zero attached hydrogens (tertiary/aromatic N) is 1. The lowest BCUT2D eigenvalue weighted by molar-refractivity contribution is -0.119. The summed E-state index contributed by atoms with van der Waals surface area (Å²) in [4.78, 5) is 16.6. The lowest BCUT2D eigenvalue weighted by atomic mass is 10.1. The van der Waals surface area contributed by atoms with Crippen LogP contribution in [0.5, 0.6) is 0 Å². The van der Waals surface area contributed by atoms with E-state index in [9.17, 15) is 9.90 Å². The zero-order valence-corrected chi connectivity index (χ0v) is 13.9. The Balaban J connectivity index is 1.58. The molecule has 0 aliphatic heterocycles. The third-order valence-corrected chi connectivity index (χ3v) is 5.50. The van der Waals surface area contributed by atoms with Gasteiger partial charge in [-0.25, -0.2) is 4.98 Å². The number of nitrogens with one attached hydrogen (secondary N) is 1. The summed E-state index contributed by atoms with van der Waals surface area (Å²) in [5, 5.41) is 12.3. The van der Waals surface area contributed by atoms with Crippen LogP contribution in [-0.2, 0) is 4.79 Å². The molecular formula is C17H16N2O2S2. The molecule has 23 heavy (non-hydrogen) atoms. The molecule has 1 amide bonds. The molecule has 1 heterocycles. The molecule has 3 rings (SSSR count). The monoisotopic (exact) mass is 344 g/mol. The number of para-hydroxylation sites is 1. The second-order valence-corrected chi connectivity index (χ2v) is 7.20. The predicted octanol–water partition coefficient (Wildman–Crippen LogP) is 3.24. The number of thioether (sulfide) groups is 1. The van der Waals surface area contributed by atoms with Crippen molar-refractivity contribution in [3.8, 4) is 0 Å². The molecule has 4 nitrogen and oxygen atoms in total. The first kappa shape index (κ1) is 16.0. The van der Waals surface area contributed by atoms with Gasteiger partial charge in [-0.2, -0.15) is 0 Å². The summed E-state index contributed by atoms with van der Waals surface area (Å²) in [7, 11) is 0. The Hall–Kier alpha value is -1.89. The Bertz CT molecular complexity index is 756. The summed E-state index contributed by atoms with van der Waals surface area (Å²) >= 11 is 3.00. The topological polar surface area (TPSA) is 62.2 Å². The Morgan fingerprint density at radius 1 is 1.17 bits per heavy atom. The highest BCUT2D eigenvalue weighted by atomic mass is 32.2. The van der Waals surface area contributed by atoms with Crippen LogP contribution in [0.3, 0.4) is 0 Å². The second kappa shape index (κ2) is 7.59. The summed E-state index contributed by atoms with van der Waals surface area (Å²) in [6, 6.07) is 17.0. The van der Waals surface area contributed by atoms with Crippen molar-refractivity contribution >= 4 is 39.2 Å². The first-order valence-electron chi connectivity index (χ1n) is 7.20. The first-order chi connectivity index (χ1) is 11.3. The van der Waals surface area contributed by atoms with Crippen LogP contribution in [0.15, 0.2) is 58.9 Å². The van der Waals surface area contributed by atoms with Crippen LogP contribution >= 0.6 is 23.1 Å². The van der Waals surface area contributed by atoms with Gasteiger partial charge in [-0.3, -0.25) is 4.79 Å². The molecule has 0 fully saturated rings. The fourth-order valence-electron chi connectivity index (χ4n) is 2.20. The van der Waals surface area contributed by atoms with Gasteiger partial charge in [-0.05, 0) is 17.7 Å². The van der Waals surface area contributed by atoms with Crippen LogP contribution in [0.1, 0.15) is 11.6 Å². The van der Waals surface area contributed by atoms with Gasteiger partial charge in [0.25, 0.3) is 0 Å². The maximum atomic E-state index is 12.1. The van der Waals surface area contributed by atoms with Gasteiger partial charge < -0.3 is 10.4 Å². The zero-order valence-electron chi connectivity index (χ0n) is 12.3. The molecule has 0 aliphatic rings. The molecule has 0 aliphatic carbocycles. The van der Waals surface area contributed by atoms with Crippen molar-refractivity contribution in [3.63, 3.8) is 0 Å². The standard InChI is InChI=1S/C17H16N2O2S2/c20-10-14(12-6-2-1-3-7-12)18-16(21)11-22-17-19-13-8-4-5-9-15(13)23-17/h1-9,14,20H,10-11H2,(H,18,21)/t14-/m1/s1. The summed E-state index contributed by atoms with van der Waals surface area (Å²) in [6.45, 7) is -0.123. The maximum Gasteiger partial charge on any atom is 0.231 e. The lowest BCUT2D eigenvalue weighted by Gasteiger charge is -2.16. The lowest BCUT2D eigenvalue weighted by Crippen LogP contribution is -2.32. The van der Waals surface area contributed by atoms with Gasteiger partial charge in [0.2, 0.25) is 5.91 Å². The molecule has 0 spiro atoms. The van der Waals surface area contributed by atoms with E-state index < -0.39 is 0 Å². The molecule has 1 aromatic heterocycles. The van der Waals surface area contributed by atoms with E-state index in [-0.39, 0.29) is 24.3 Å². The number of aliphatic hydroxyl groups excluding tert-OH is 1. The molecule has 2 N–H and O–H groups in total. The number of rotatable bonds is 6. The van der Waals surface area contributed by atoms with E-state index in [1.54, 1.807) is 11.3 Å². The van der Waals surface area contributed by atoms with Crippen molar-refractivity contribution in [2.24, 2.45) is 0 Å². The fourth-order valence-corrected chi connectivity index (χ4v) is 4.08. The van der Waals surface area contributed by atoms with E-state index >= 15 is 0 Å². The first-order valence-corrected chi connectivity index (χ1v) is 9.00. The number of carbonyl (C=O) groups is 1. The Morgan fingerprint density at radius 2 is 1.91 bits per heavy atom. The smallest absolute Gasteiger partial charge is 0.231 e. The van der Waals surface area contributed by atoms with Gasteiger partial charge >= 0.3 is 0 Å². The minimum atomic E-state index is -0.375. The third kappa shape index (κ3) is 4.10. The number of hydrogen-bond donors (Lipinski definition) is 2. The summed E-state index contributed by atoms with van der Waals surface area (Å²) in [6.07, 6.45) is 0. The van der Waals surface area contributed by atoms with Gasteiger partial charge in [0, 0.05) is 0 Å². The molecule has 1 atom stereocenters. The molecule has 2 aromatic carbocycles. The van der Waals surface area contributed by atoms with Crippen molar-refractivity contribution in [2.75, 3.05) is 12.4 Å². The minimum absolute atomic E-state index is 0.114. The average molecular weight is 344 g/mol. The maximum absolute atomic E-state index is 12.1. The molecule has 0 radical (unpaired) electrons. The molecular weight excluding hydrogens is 328 g/mol. The predicted molar refractivity (Wildman–Crippen MR) is 94.8 cm³/mol. The van der Waals surface area contributed by atoms with Crippen LogP contribution in [-0.4, -0.2) is 28.4 Å². The van der Waals surface area contributed by atoms with Gasteiger partial charge in [-0.1, -0.05) is 54.2 Å². The van der Waals surface area contributed by atoms with Crippen LogP contribution in [0, 0.1) is 0 Å². The quantitative estimate of drug-likeness (QED) is 0.674. The Morgan fingerprint density at radius 3 is 2.65 bits per heavy atom. The molecule has 0 bridgehead atoms. The highest BCUT2D eigenvalue weighted by Gasteiger charge is 2.14. The Labute approximate surface area is 142 Å². The summed E-state index contributed by atoms with van der Waals surface area (Å²) < 4.78 is 1.99. The minimum Gasteiger partial charge on any atom is -0.394 e. The molecule has 0 unspecified atom stereocenters. The fraction of sp³-hybridized carbons (Fsp3) is 0.176. The number of amides is 1. The molecule has 6 heteroatoms. The molecule has 3 aromatic rings. The van der Waals surface area contributed by atoms with E-state index in [1.807, 2.05) is 54.6 Å². The number of thiazole rings is 1. The van der Waals surface area contributed by atoms with Crippen molar-refractivity contribution in [3.05, 3.63) is 60.2 Å². The van der Waals surface area contributed by atoms with Crippen LogP contribution < -0.4 is 5.32 Å².